The molecule has 1 aromatic heterocycles. The summed E-state index contributed by atoms with van der Waals surface area (Å²) in [6.45, 7) is 2.45. The fourth-order valence-corrected chi connectivity index (χ4v) is 2.43. The molecule has 1 heterocycles. The second-order valence-electron chi connectivity index (χ2n) is 5.20. The van der Waals surface area contributed by atoms with Crippen molar-refractivity contribution in [2.75, 3.05) is 5.32 Å². The van der Waals surface area contributed by atoms with Gasteiger partial charge in [0.05, 0.1) is 12.7 Å². The topological polar surface area (TPSA) is 59.8 Å². The van der Waals surface area contributed by atoms with E-state index in [2.05, 4.69) is 15.6 Å². The van der Waals surface area contributed by atoms with Crippen LogP contribution in [0.1, 0.15) is 21.6 Å². The van der Waals surface area contributed by atoms with Gasteiger partial charge in [0.15, 0.2) is 5.69 Å². The average Bonchev–Trinajstić information content (AvgIpc) is 3.00. The molecular formula is C17H15ClN4O. The minimum atomic E-state index is -0.297. The van der Waals surface area contributed by atoms with Gasteiger partial charge in [0, 0.05) is 10.7 Å². The van der Waals surface area contributed by atoms with Gasteiger partial charge in [-0.3, -0.25) is 4.79 Å². The van der Waals surface area contributed by atoms with Gasteiger partial charge in [0.2, 0.25) is 0 Å². The second-order valence-corrected chi connectivity index (χ2v) is 5.64. The van der Waals surface area contributed by atoms with Crippen LogP contribution >= 0.6 is 11.6 Å². The Morgan fingerprint density at radius 2 is 2.00 bits per heavy atom. The third-order valence-corrected chi connectivity index (χ3v) is 3.63. The van der Waals surface area contributed by atoms with Gasteiger partial charge in [-0.25, -0.2) is 4.68 Å². The zero-order valence-corrected chi connectivity index (χ0v) is 13.3. The van der Waals surface area contributed by atoms with Crippen molar-refractivity contribution in [3.63, 3.8) is 0 Å². The average molecular weight is 327 g/mol. The van der Waals surface area contributed by atoms with Gasteiger partial charge in [0.1, 0.15) is 0 Å². The van der Waals surface area contributed by atoms with E-state index in [4.69, 9.17) is 11.6 Å². The third kappa shape index (κ3) is 3.76. The van der Waals surface area contributed by atoms with Crippen molar-refractivity contribution >= 4 is 23.2 Å². The van der Waals surface area contributed by atoms with Crippen LogP contribution in [0.15, 0.2) is 54.7 Å². The minimum Gasteiger partial charge on any atom is -0.320 e. The number of amides is 1. The number of anilines is 1. The number of carbonyl (C=O) groups excluding carboxylic acids is 1. The Bertz CT molecular complexity index is 830. The molecule has 0 saturated carbocycles. The second kappa shape index (κ2) is 6.62. The van der Waals surface area contributed by atoms with Crippen molar-refractivity contribution in [3.8, 4) is 0 Å². The molecule has 0 saturated heterocycles. The van der Waals surface area contributed by atoms with Gasteiger partial charge < -0.3 is 5.32 Å². The number of hydrogen-bond acceptors (Lipinski definition) is 3. The lowest BCUT2D eigenvalue weighted by atomic mass is 10.2. The number of aromatic nitrogens is 3. The largest absolute Gasteiger partial charge is 0.320 e. The van der Waals surface area contributed by atoms with Gasteiger partial charge in [0.25, 0.3) is 5.91 Å². The molecule has 0 aliphatic rings. The number of halogens is 1. The first kappa shape index (κ1) is 15.2. The fraction of sp³-hybridized carbons (Fsp3) is 0.118. The zero-order chi connectivity index (χ0) is 16.2. The van der Waals surface area contributed by atoms with Crippen molar-refractivity contribution in [3.05, 3.63) is 76.6 Å². The third-order valence-electron chi connectivity index (χ3n) is 3.40. The summed E-state index contributed by atoms with van der Waals surface area (Å²) in [6, 6.07) is 15.2. The normalized spacial score (nSPS) is 10.5. The summed E-state index contributed by atoms with van der Waals surface area (Å²) in [5.41, 5.74) is 2.97. The molecule has 3 aromatic rings. The number of carbonyl (C=O) groups is 1. The first-order valence-electron chi connectivity index (χ1n) is 7.13. The molecule has 1 amide bonds. The van der Waals surface area contributed by atoms with Crippen LogP contribution < -0.4 is 5.32 Å². The maximum absolute atomic E-state index is 12.3. The monoisotopic (exact) mass is 326 g/mol. The Balaban J connectivity index is 1.71. The summed E-state index contributed by atoms with van der Waals surface area (Å²) in [6.07, 6.45) is 1.63. The van der Waals surface area contributed by atoms with E-state index in [1.165, 1.54) is 0 Å². The predicted octanol–water partition coefficient (Wildman–Crippen LogP) is 3.54. The van der Waals surface area contributed by atoms with E-state index in [0.29, 0.717) is 17.3 Å². The molecule has 3 rings (SSSR count). The minimum absolute atomic E-state index is 0.273. The van der Waals surface area contributed by atoms with Crippen LogP contribution in [-0.4, -0.2) is 20.9 Å². The van der Waals surface area contributed by atoms with E-state index in [0.717, 1.165) is 11.1 Å². The molecule has 0 atom stereocenters. The number of hydrogen-bond donors (Lipinski definition) is 1. The van der Waals surface area contributed by atoms with Crippen molar-refractivity contribution in [1.82, 2.24) is 15.0 Å². The molecule has 0 aliphatic carbocycles. The fourth-order valence-electron chi connectivity index (χ4n) is 2.20. The maximum atomic E-state index is 12.3. The molecule has 0 fully saturated rings. The molecule has 0 spiro atoms. The van der Waals surface area contributed by atoms with Crippen LogP contribution in [-0.2, 0) is 6.54 Å². The molecule has 116 valence electrons. The molecule has 0 unspecified atom stereocenters. The van der Waals surface area contributed by atoms with E-state index in [1.54, 1.807) is 29.1 Å². The molecule has 23 heavy (non-hydrogen) atoms. The van der Waals surface area contributed by atoms with Crippen LogP contribution in [0.25, 0.3) is 0 Å². The molecular weight excluding hydrogens is 312 g/mol. The Kier molecular flexibility index (Phi) is 4.39. The van der Waals surface area contributed by atoms with E-state index in [1.807, 2.05) is 37.3 Å². The quantitative estimate of drug-likeness (QED) is 0.797. The molecule has 5 nitrogen and oxygen atoms in total. The summed E-state index contributed by atoms with van der Waals surface area (Å²) < 4.78 is 1.64. The van der Waals surface area contributed by atoms with Crippen molar-refractivity contribution in [2.24, 2.45) is 0 Å². The Morgan fingerprint density at radius 1 is 1.22 bits per heavy atom. The highest BCUT2D eigenvalue weighted by atomic mass is 35.5. The van der Waals surface area contributed by atoms with E-state index in [-0.39, 0.29) is 11.6 Å². The summed E-state index contributed by atoms with van der Waals surface area (Å²) in [4.78, 5) is 12.3. The van der Waals surface area contributed by atoms with Gasteiger partial charge in [-0.05, 0) is 36.2 Å². The van der Waals surface area contributed by atoms with Gasteiger partial charge in [-0.15, -0.1) is 5.10 Å². The standard InChI is InChI=1S/C17H15ClN4O/c1-12-9-14(18)7-8-15(12)19-17(23)16-11-22(21-20-16)10-13-5-3-2-4-6-13/h2-9,11H,10H2,1H3,(H,19,23). The number of rotatable bonds is 4. The Hall–Kier alpha value is -2.66. The lowest BCUT2D eigenvalue weighted by molar-refractivity contribution is 0.102. The molecule has 2 aromatic carbocycles. The lowest BCUT2D eigenvalue weighted by Crippen LogP contribution is -2.13. The van der Waals surface area contributed by atoms with Gasteiger partial charge in [-0.1, -0.05) is 47.1 Å². The zero-order valence-electron chi connectivity index (χ0n) is 12.5. The van der Waals surface area contributed by atoms with Gasteiger partial charge in [-0.2, -0.15) is 0 Å². The number of nitrogens with one attached hydrogen (secondary N) is 1. The Labute approximate surface area is 138 Å². The highest BCUT2D eigenvalue weighted by molar-refractivity contribution is 6.30. The Morgan fingerprint density at radius 3 is 2.74 bits per heavy atom. The van der Waals surface area contributed by atoms with Crippen LogP contribution in [0.4, 0.5) is 5.69 Å². The van der Waals surface area contributed by atoms with Crippen LogP contribution in [0.5, 0.6) is 0 Å². The van der Waals surface area contributed by atoms with Crippen LogP contribution in [0.3, 0.4) is 0 Å². The molecule has 6 heteroatoms. The maximum Gasteiger partial charge on any atom is 0.277 e. The van der Waals surface area contributed by atoms with E-state index >= 15 is 0 Å². The molecule has 0 radical (unpaired) electrons. The number of aryl methyl sites for hydroxylation is 1. The van der Waals surface area contributed by atoms with Crippen LogP contribution in [0.2, 0.25) is 5.02 Å². The van der Waals surface area contributed by atoms with Crippen molar-refractivity contribution in [2.45, 2.75) is 13.5 Å². The van der Waals surface area contributed by atoms with Crippen molar-refractivity contribution in [1.29, 1.82) is 0 Å². The number of benzene rings is 2. The smallest absolute Gasteiger partial charge is 0.277 e. The predicted molar refractivity (Wildman–Crippen MR) is 89.7 cm³/mol. The molecule has 0 aliphatic heterocycles. The summed E-state index contributed by atoms with van der Waals surface area (Å²) in [5.74, 6) is -0.297. The highest BCUT2D eigenvalue weighted by Crippen LogP contribution is 2.20. The first-order valence-corrected chi connectivity index (χ1v) is 7.51. The van der Waals surface area contributed by atoms with E-state index in [9.17, 15) is 4.79 Å². The summed E-state index contributed by atoms with van der Waals surface area (Å²) in [7, 11) is 0. The van der Waals surface area contributed by atoms with Crippen molar-refractivity contribution < 1.29 is 4.79 Å². The SMILES string of the molecule is Cc1cc(Cl)ccc1NC(=O)c1cn(Cc2ccccc2)nn1. The van der Waals surface area contributed by atoms with Crippen LogP contribution in [0, 0.1) is 6.92 Å². The molecule has 1 N–H and O–H groups in total. The lowest BCUT2D eigenvalue weighted by Gasteiger charge is -2.06. The highest BCUT2D eigenvalue weighted by Gasteiger charge is 2.12. The summed E-state index contributed by atoms with van der Waals surface area (Å²) in [5, 5.41) is 11.4. The number of nitrogens with zero attached hydrogens (tertiary/aromatic N) is 3. The van der Waals surface area contributed by atoms with Gasteiger partial charge >= 0.3 is 0 Å². The summed E-state index contributed by atoms with van der Waals surface area (Å²) >= 11 is 5.91. The molecule has 0 bridgehead atoms. The first-order chi connectivity index (χ1) is 11.1. The van der Waals surface area contributed by atoms with E-state index < -0.39 is 0 Å².